The first-order valence-corrected chi connectivity index (χ1v) is 10.2. The number of nitrogen functional groups attached to an aromatic ring is 1. The molecule has 0 atom stereocenters. The molecule has 2 heterocycles. The second kappa shape index (κ2) is 8.69. The molecule has 4 N–H and O–H groups in total. The Morgan fingerprint density at radius 3 is 2.70 bits per heavy atom. The van der Waals surface area contributed by atoms with Crippen LogP contribution in [0.1, 0.15) is 26.7 Å². The van der Waals surface area contributed by atoms with E-state index < -0.39 is 23.0 Å². The number of aromatic nitrogens is 3. The molecule has 2 amide bonds. The predicted molar refractivity (Wildman–Crippen MR) is 120 cm³/mol. The van der Waals surface area contributed by atoms with Crippen LogP contribution in [0.2, 0.25) is 0 Å². The molecule has 1 saturated carbocycles. The van der Waals surface area contributed by atoms with E-state index in [4.69, 9.17) is 10.5 Å². The van der Waals surface area contributed by atoms with Gasteiger partial charge >= 0.3 is 0 Å². The van der Waals surface area contributed by atoms with Gasteiger partial charge in [-0.2, -0.15) is 0 Å². The van der Waals surface area contributed by atoms with Crippen LogP contribution in [0.5, 0.6) is 11.6 Å². The van der Waals surface area contributed by atoms with Gasteiger partial charge < -0.3 is 21.1 Å². The quantitative estimate of drug-likeness (QED) is 0.373. The van der Waals surface area contributed by atoms with E-state index in [9.17, 15) is 14.0 Å². The number of imidazole rings is 1. The number of rotatable bonds is 7. The van der Waals surface area contributed by atoms with Gasteiger partial charge in [0.15, 0.2) is 17.2 Å². The number of halogens is 1. The molecule has 0 bridgehead atoms. The van der Waals surface area contributed by atoms with Crippen LogP contribution in [-0.2, 0) is 9.59 Å². The molecule has 33 heavy (non-hydrogen) atoms. The number of aliphatic imine (C=N–C) groups is 1. The molecule has 4 rings (SSSR count). The van der Waals surface area contributed by atoms with Gasteiger partial charge in [-0.3, -0.25) is 9.59 Å². The Bertz CT molecular complexity index is 1290. The molecule has 1 aromatic carbocycles. The monoisotopic (exact) mass is 451 g/mol. The molecular weight excluding hydrogens is 429 g/mol. The van der Waals surface area contributed by atoms with Crippen molar-refractivity contribution in [2.24, 2.45) is 10.4 Å². The molecule has 11 heteroatoms. The largest absolute Gasteiger partial charge is 0.434 e. The average molecular weight is 451 g/mol. The van der Waals surface area contributed by atoms with E-state index in [1.807, 2.05) is 0 Å². The van der Waals surface area contributed by atoms with Crippen LogP contribution in [0.4, 0.5) is 15.9 Å². The second-order valence-electron chi connectivity index (χ2n) is 7.44. The highest BCUT2D eigenvalue weighted by Crippen LogP contribution is 2.47. The first-order chi connectivity index (χ1) is 15.8. The smallest absolute Gasteiger partial charge is 0.241 e. The Morgan fingerprint density at radius 2 is 2.03 bits per heavy atom. The molecule has 0 saturated heterocycles. The first-order valence-electron chi connectivity index (χ1n) is 10.2. The van der Waals surface area contributed by atoms with Crippen molar-refractivity contribution in [1.82, 2.24) is 19.9 Å². The van der Waals surface area contributed by atoms with Crippen LogP contribution in [-0.4, -0.2) is 32.6 Å². The normalized spacial score (nSPS) is 14.9. The molecule has 0 spiro atoms. The number of anilines is 2. The van der Waals surface area contributed by atoms with Gasteiger partial charge in [-0.25, -0.2) is 18.9 Å². The summed E-state index contributed by atoms with van der Waals surface area (Å²) in [4.78, 5) is 33.5. The Kier molecular flexibility index (Phi) is 5.78. The van der Waals surface area contributed by atoms with Crippen molar-refractivity contribution in [2.75, 3.05) is 11.1 Å². The maximum atomic E-state index is 14.6. The summed E-state index contributed by atoms with van der Waals surface area (Å²) in [5, 5.41) is 9.42. The van der Waals surface area contributed by atoms with Gasteiger partial charge in [-0.05, 0) is 51.0 Å². The lowest BCUT2D eigenvalue weighted by Gasteiger charge is -2.16. The van der Waals surface area contributed by atoms with Crippen molar-refractivity contribution in [3.05, 3.63) is 54.2 Å². The summed E-state index contributed by atoms with van der Waals surface area (Å²) in [5.41, 5.74) is 5.16. The lowest BCUT2D eigenvalue weighted by Crippen LogP contribution is -2.39. The van der Waals surface area contributed by atoms with E-state index in [1.165, 1.54) is 28.9 Å². The fraction of sp³-hybridized carbons (Fsp3) is 0.227. The number of benzene rings is 1. The summed E-state index contributed by atoms with van der Waals surface area (Å²) < 4.78 is 21.6. The molecule has 3 aromatic rings. The Morgan fingerprint density at radius 1 is 1.24 bits per heavy atom. The highest BCUT2D eigenvalue weighted by molar-refractivity contribution is 6.13. The summed E-state index contributed by atoms with van der Waals surface area (Å²) in [6, 6.07) is 7.14. The SMILES string of the molecule is C/C=N\C(=C/C)NC(=O)C1(C(=O)Nc2ccc(Oc3ccc4nc(N)cn4n3)c(F)c2)CC1. The van der Waals surface area contributed by atoms with Crippen LogP contribution in [0.25, 0.3) is 5.65 Å². The zero-order valence-electron chi connectivity index (χ0n) is 18.0. The van der Waals surface area contributed by atoms with Crippen molar-refractivity contribution in [3.63, 3.8) is 0 Å². The maximum Gasteiger partial charge on any atom is 0.241 e. The highest BCUT2D eigenvalue weighted by Gasteiger charge is 2.56. The number of fused-ring (bicyclic) bond motifs is 1. The third-order valence-corrected chi connectivity index (χ3v) is 5.12. The van der Waals surface area contributed by atoms with E-state index in [-0.39, 0.29) is 17.3 Å². The van der Waals surface area contributed by atoms with Crippen molar-refractivity contribution in [2.45, 2.75) is 26.7 Å². The van der Waals surface area contributed by atoms with Gasteiger partial charge in [-0.1, -0.05) is 0 Å². The van der Waals surface area contributed by atoms with Gasteiger partial charge in [0, 0.05) is 24.0 Å². The molecular formula is C22H22FN7O3. The van der Waals surface area contributed by atoms with Crippen LogP contribution >= 0.6 is 0 Å². The Hall–Kier alpha value is -4.28. The topological polar surface area (TPSA) is 136 Å². The van der Waals surface area contributed by atoms with Crippen LogP contribution < -0.4 is 21.1 Å². The number of carbonyl (C=O) groups is 2. The molecule has 2 aromatic heterocycles. The number of hydrogen-bond acceptors (Lipinski definition) is 7. The molecule has 10 nitrogen and oxygen atoms in total. The van der Waals surface area contributed by atoms with Crippen LogP contribution in [0.15, 0.2) is 53.4 Å². The van der Waals surface area contributed by atoms with Crippen molar-refractivity contribution in [3.8, 4) is 11.6 Å². The minimum atomic E-state index is -1.20. The molecule has 0 unspecified atom stereocenters. The molecule has 1 aliphatic rings. The maximum absolute atomic E-state index is 14.6. The predicted octanol–water partition coefficient (Wildman–Crippen LogP) is 3.03. The van der Waals surface area contributed by atoms with E-state index in [1.54, 1.807) is 32.2 Å². The third-order valence-electron chi connectivity index (χ3n) is 5.12. The molecule has 170 valence electrons. The number of allylic oxidation sites excluding steroid dienone is 1. The average Bonchev–Trinajstić information content (AvgIpc) is 3.51. The fourth-order valence-corrected chi connectivity index (χ4v) is 3.20. The number of ether oxygens (including phenoxy) is 1. The summed E-state index contributed by atoms with van der Waals surface area (Å²) in [6.07, 6.45) is 5.48. The lowest BCUT2D eigenvalue weighted by molar-refractivity contribution is -0.133. The van der Waals surface area contributed by atoms with Crippen molar-refractivity contribution in [1.29, 1.82) is 0 Å². The van der Waals surface area contributed by atoms with E-state index in [2.05, 4.69) is 25.7 Å². The molecule has 1 aliphatic carbocycles. The zero-order valence-corrected chi connectivity index (χ0v) is 18.0. The first kappa shape index (κ1) is 21.9. The van der Waals surface area contributed by atoms with Crippen molar-refractivity contribution >= 4 is 35.2 Å². The molecule has 0 aliphatic heterocycles. The Balaban J connectivity index is 1.44. The minimum absolute atomic E-state index is 0.0815. The minimum Gasteiger partial charge on any atom is -0.434 e. The van der Waals surface area contributed by atoms with E-state index >= 15 is 0 Å². The van der Waals surface area contributed by atoms with Crippen molar-refractivity contribution < 1.29 is 18.7 Å². The summed E-state index contributed by atoms with van der Waals surface area (Å²) in [6.45, 7) is 3.45. The van der Waals surface area contributed by atoms with Gasteiger partial charge in [0.2, 0.25) is 17.7 Å². The number of nitrogens with zero attached hydrogens (tertiary/aromatic N) is 4. The van der Waals surface area contributed by atoms with Gasteiger partial charge in [0.05, 0.1) is 6.20 Å². The highest BCUT2D eigenvalue weighted by atomic mass is 19.1. The van der Waals surface area contributed by atoms with Gasteiger partial charge in [-0.15, -0.1) is 5.10 Å². The molecule has 0 radical (unpaired) electrons. The number of carbonyl (C=O) groups excluding carboxylic acids is 2. The second-order valence-corrected chi connectivity index (χ2v) is 7.44. The number of nitrogens with two attached hydrogens (primary N) is 1. The summed E-state index contributed by atoms with van der Waals surface area (Å²) in [7, 11) is 0. The molecule has 1 fully saturated rings. The van der Waals surface area contributed by atoms with Gasteiger partial charge in [0.1, 0.15) is 17.1 Å². The summed E-state index contributed by atoms with van der Waals surface area (Å²) >= 11 is 0. The van der Waals surface area contributed by atoms with Crippen LogP contribution in [0.3, 0.4) is 0 Å². The number of amides is 2. The standard InChI is InChI=1S/C22H22FN7O3/c1-3-17(25-4-2)28-21(32)22(9-10-22)20(31)26-13-5-6-15(14(23)11-13)33-19-8-7-18-27-16(24)12-30(18)29-19/h3-8,11-12H,9-10,24H2,1-2H3,(H,26,31)(H,28,32)/b17-3+,25-4-. The zero-order chi connectivity index (χ0) is 23.6. The third kappa shape index (κ3) is 4.52. The fourth-order valence-electron chi connectivity index (χ4n) is 3.20. The van der Waals surface area contributed by atoms with Crippen LogP contribution in [0, 0.1) is 11.2 Å². The lowest BCUT2D eigenvalue weighted by atomic mass is 10.0. The van der Waals surface area contributed by atoms with E-state index in [0.717, 1.165) is 6.07 Å². The number of nitrogens with one attached hydrogen (secondary N) is 2. The van der Waals surface area contributed by atoms with E-state index in [0.29, 0.717) is 30.1 Å². The summed E-state index contributed by atoms with van der Waals surface area (Å²) in [5.74, 6) is -0.940. The van der Waals surface area contributed by atoms with Gasteiger partial charge in [0.25, 0.3) is 0 Å². The Labute approximate surface area is 188 Å². The number of hydrogen-bond donors (Lipinski definition) is 3.